The molecule has 1 aromatic rings. The first-order valence-electron chi connectivity index (χ1n) is 6.93. The summed E-state index contributed by atoms with van der Waals surface area (Å²) in [5.74, 6) is -3.99. The van der Waals surface area contributed by atoms with Gasteiger partial charge in [0.15, 0.2) is 11.6 Å². The van der Waals surface area contributed by atoms with Crippen molar-refractivity contribution >= 4 is 17.0 Å². The zero-order valence-electron chi connectivity index (χ0n) is 13.4. The van der Waals surface area contributed by atoms with Gasteiger partial charge in [0.1, 0.15) is 5.82 Å². The molecule has 0 fully saturated rings. The lowest BCUT2D eigenvalue weighted by atomic mass is 10.0. The van der Waals surface area contributed by atoms with E-state index in [1.165, 1.54) is 7.11 Å². The molecule has 0 aliphatic carbocycles. The van der Waals surface area contributed by atoms with E-state index in [9.17, 15) is 22.2 Å². The van der Waals surface area contributed by atoms with Crippen LogP contribution in [0.4, 0.5) is 13.2 Å². The first-order valence-corrected chi connectivity index (χ1v) is 8.08. The quantitative estimate of drug-likeness (QED) is 0.633. The lowest BCUT2D eigenvalue weighted by Gasteiger charge is -2.24. The Morgan fingerprint density at radius 1 is 1.22 bits per heavy atom. The SMILES string of the molecule is COC(=O)C[C@@H](Cc1cc(F)c(F)cc1F)N[S@@](=O)C(C)(C)C. The van der Waals surface area contributed by atoms with E-state index in [1.54, 1.807) is 20.8 Å². The molecule has 0 saturated heterocycles. The number of esters is 1. The molecule has 8 heteroatoms. The third kappa shape index (κ3) is 5.95. The van der Waals surface area contributed by atoms with E-state index in [0.29, 0.717) is 6.07 Å². The van der Waals surface area contributed by atoms with Crippen LogP contribution in [0, 0.1) is 17.5 Å². The second-order valence-corrected chi connectivity index (χ2v) is 8.04. The number of hydrogen-bond donors (Lipinski definition) is 1. The van der Waals surface area contributed by atoms with Gasteiger partial charge in [-0.2, -0.15) is 0 Å². The number of carbonyl (C=O) groups is 1. The topological polar surface area (TPSA) is 55.4 Å². The lowest BCUT2D eigenvalue weighted by Crippen LogP contribution is -2.42. The monoisotopic (exact) mass is 351 g/mol. The normalized spacial score (nSPS) is 14.4. The summed E-state index contributed by atoms with van der Waals surface area (Å²) in [4.78, 5) is 11.5. The Balaban J connectivity index is 2.99. The predicted octanol–water partition coefficient (Wildman–Crippen LogP) is 2.63. The highest BCUT2D eigenvalue weighted by molar-refractivity contribution is 7.84. The first kappa shape index (κ1) is 19.6. The average molecular weight is 351 g/mol. The van der Waals surface area contributed by atoms with Crippen LogP contribution in [0.1, 0.15) is 32.8 Å². The zero-order chi connectivity index (χ0) is 17.8. The molecule has 0 radical (unpaired) electrons. The van der Waals surface area contributed by atoms with Crippen LogP contribution >= 0.6 is 0 Å². The van der Waals surface area contributed by atoms with Gasteiger partial charge in [-0.1, -0.05) is 0 Å². The van der Waals surface area contributed by atoms with Crippen LogP contribution in [0.2, 0.25) is 0 Å². The number of benzene rings is 1. The van der Waals surface area contributed by atoms with E-state index in [0.717, 1.165) is 6.07 Å². The Labute approximate surface area is 136 Å². The van der Waals surface area contributed by atoms with Crippen molar-refractivity contribution in [2.75, 3.05) is 7.11 Å². The predicted molar refractivity (Wildman–Crippen MR) is 81.5 cm³/mol. The number of ether oxygens (including phenoxy) is 1. The van der Waals surface area contributed by atoms with Crippen molar-refractivity contribution in [2.45, 2.75) is 44.4 Å². The molecule has 1 N–H and O–H groups in total. The second-order valence-electron chi connectivity index (χ2n) is 6.04. The fourth-order valence-corrected chi connectivity index (χ4v) is 2.58. The summed E-state index contributed by atoms with van der Waals surface area (Å²) in [6, 6.07) is 0.430. The molecular formula is C15H20F3NO3S. The van der Waals surface area contributed by atoms with Gasteiger partial charge in [-0.15, -0.1) is 0 Å². The number of carbonyl (C=O) groups excluding carboxylic acids is 1. The molecule has 0 spiro atoms. The molecule has 2 atom stereocenters. The van der Waals surface area contributed by atoms with Gasteiger partial charge in [0.2, 0.25) is 0 Å². The average Bonchev–Trinajstić information content (AvgIpc) is 2.43. The number of halogens is 3. The molecule has 0 aliphatic heterocycles. The van der Waals surface area contributed by atoms with Crippen molar-refractivity contribution in [3.63, 3.8) is 0 Å². The van der Waals surface area contributed by atoms with E-state index in [1.807, 2.05) is 0 Å². The molecule has 1 aromatic carbocycles. The molecule has 23 heavy (non-hydrogen) atoms. The highest BCUT2D eigenvalue weighted by atomic mass is 32.2. The smallest absolute Gasteiger partial charge is 0.307 e. The first-order chi connectivity index (χ1) is 10.5. The molecule has 0 bridgehead atoms. The lowest BCUT2D eigenvalue weighted by molar-refractivity contribution is -0.141. The van der Waals surface area contributed by atoms with Gasteiger partial charge in [-0.05, 0) is 38.8 Å². The Hall–Kier alpha value is -1.41. The summed E-state index contributed by atoms with van der Waals surface area (Å²) in [6.45, 7) is 5.18. The van der Waals surface area contributed by atoms with Crippen LogP contribution < -0.4 is 4.72 Å². The van der Waals surface area contributed by atoms with E-state index in [2.05, 4.69) is 9.46 Å². The fraction of sp³-hybridized carbons (Fsp3) is 0.533. The fourth-order valence-electron chi connectivity index (χ4n) is 1.75. The van der Waals surface area contributed by atoms with E-state index < -0.39 is 45.2 Å². The molecule has 1 rings (SSSR count). The minimum atomic E-state index is -1.52. The molecular weight excluding hydrogens is 331 g/mol. The van der Waals surface area contributed by atoms with Crippen molar-refractivity contribution in [1.29, 1.82) is 0 Å². The number of methoxy groups -OCH3 is 1. The van der Waals surface area contributed by atoms with Crippen LogP contribution in [-0.4, -0.2) is 28.1 Å². The van der Waals surface area contributed by atoms with Gasteiger partial charge in [0.25, 0.3) is 0 Å². The Morgan fingerprint density at radius 2 is 1.78 bits per heavy atom. The van der Waals surface area contributed by atoms with Gasteiger partial charge in [0, 0.05) is 12.1 Å². The van der Waals surface area contributed by atoms with Gasteiger partial charge in [0.05, 0.1) is 29.3 Å². The van der Waals surface area contributed by atoms with Crippen LogP contribution in [0.25, 0.3) is 0 Å². The van der Waals surface area contributed by atoms with Crippen molar-refractivity contribution in [3.8, 4) is 0 Å². The van der Waals surface area contributed by atoms with E-state index in [-0.39, 0.29) is 18.4 Å². The van der Waals surface area contributed by atoms with Gasteiger partial charge < -0.3 is 4.74 Å². The van der Waals surface area contributed by atoms with Gasteiger partial charge in [-0.25, -0.2) is 22.1 Å². The van der Waals surface area contributed by atoms with E-state index >= 15 is 0 Å². The third-order valence-corrected chi connectivity index (χ3v) is 4.69. The second kappa shape index (κ2) is 7.92. The molecule has 4 nitrogen and oxygen atoms in total. The third-order valence-electron chi connectivity index (χ3n) is 3.03. The Kier molecular flexibility index (Phi) is 6.76. The van der Waals surface area contributed by atoms with Crippen molar-refractivity contribution in [2.24, 2.45) is 0 Å². The number of rotatable bonds is 6. The molecule has 0 amide bonds. The molecule has 130 valence electrons. The van der Waals surface area contributed by atoms with Crippen molar-refractivity contribution < 1.29 is 26.9 Å². The summed E-state index contributed by atoms with van der Waals surface area (Å²) in [5, 5.41) is 0. The summed E-state index contributed by atoms with van der Waals surface area (Å²) >= 11 is 0. The molecule has 0 aromatic heterocycles. The summed E-state index contributed by atoms with van der Waals surface area (Å²) < 4.78 is 58.8. The molecule has 0 heterocycles. The van der Waals surface area contributed by atoms with Crippen molar-refractivity contribution in [1.82, 2.24) is 4.72 Å². The highest BCUT2D eigenvalue weighted by Crippen LogP contribution is 2.18. The van der Waals surface area contributed by atoms with Gasteiger partial charge in [-0.3, -0.25) is 4.79 Å². The van der Waals surface area contributed by atoms with Crippen molar-refractivity contribution in [3.05, 3.63) is 35.1 Å². The van der Waals surface area contributed by atoms with Crippen LogP contribution in [0.5, 0.6) is 0 Å². The zero-order valence-corrected chi connectivity index (χ0v) is 14.2. The number of hydrogen-bond acceptors (Lipinski definition) is 3. The van der Waals surface area contributed by atoms with Gasteiger partial charge >= 0.3 is 5.97 Å². The Bertz CT molecular complexity index is 602. The van der Waals surface area contributed by atoms with Crippen LogP contribution in [-0.2, 0) is 26.9 Å². The molecule has 0 saturated carbocycles. The maximum atomic E-state index is 13.8. The molecule has 0 aliphatic rings. The van der Waals surface area contributed by atoms with Crippen LogP contribution in [0.15, 0.2) is 12.1 Å². The summed E-state index contributed by atoms with van der Waals surface area (Å²) in [7, 11) is -0.331. The minimum Gasteiger partial charge on any atom is -0.469 e. The highest BCUT2D eigenvalue weighted by Gasteiger charge is 2.25. The largest absolute Gasteiger partial charge is 0.469 e. The van der Waals surface area contributed by atoms with E-state index in [4.69, 9.17) is 0 Å². The number of nitrogens with one attached hydrogen (secondary N) is 1. The maximum absolute atomic E-state index is 13.8. The summed E-state index contributed by atoms with van der Waals surface area (Å²) in [5.41, 5.74) is -0.115. The minimum absolute atomic E-state index is 0.115. The molecule has 0 unspecified atom stereocenters. The maximum Gasteiger partial charge on any atom is 0.307 e. The Morgan fingerprint density at radius 3 is 2.30 bits per heavy atom. The standard InChI is InChI=1S/C15H20F3NO3S/c1-15(2,3)23(21)19-10(7-14(20)22-4)5-9-6-12(17)13(18)8-11(9)16/h6,8,10,19H,5,7H2,1-4H3/t10-,23+/m1/s1. The van der Waals surface area contributed by atoms with Crippen LogP contribution in [0.3, 0.4) is 0 Å². The summed E-state index contributed by atoms with van der Waals surface area (Å²) in [6.07, 6.45) is -0.323.